The molecule has 1 N–H and O–H groups in total. The fraction of sp³-hybridized carbons (Fsp3) is 0.812. The summed E-state index contributed by atoms with van der Waals surface area (Å²) in [6.07, 6.45) is 9.47. The summed E-state index contributed by atoms with van der Waals surface area (Å²) in [5.74, 6) is 1.63. The van der Waals surface area contributed by atoms with Crippen molar-refractivity contribution in [3.8, 4) is 0 Å². The van der Waals surface area contributed by atoms with Gasteiger partial charge in [-0.1, -0.05) is 20.8 Å². The monoisotopic (exact) mass is 263 g/mol. The summed E-state index contributed by atoms with van der Waals surface area (Å²) in [5, 5.41) is 7.85. The summed E-state index contributed by atoms with van der Waals surface area (Å²) in [6, 6.07) is 0. The fourth-order valence-electron chi connectivity index (χ4n) is 3.51. The van der Waals surface area contributed by atoms with Crippen LogP contribution in [0.25, 0.3) is 0 Å². The van der Waals surface area contributed by atoms with Crippen molar-refractivity contribution >= 4 is 0 Å². The number of nitrogens with one attached hydrogen (secondary N) is 1. The van der Waals surface area contributed by atoms with Gasteiger partial charge in [-0.15, -0.1) is 0 Å². The highest BCUT2D eigenvalue weighted by molar-refractivity contribution is 5.06. The summed E-state index contributed by atoms with van der Waals surface area (Å²) in [5.41, 5.74) is 1.90. The largest absolute Gasteiger partial charge is 0.317 e. The Morgan fingerprint density at radius 2 is 2.21 bits per heavy atom. The van der Waals surface area contributed by atoms with Crippen molar-refractivity contribution in [1.82, 2.24) is 15.1 Å². The van der Waals surface area contributed by atoms with Crippen molar-refractivity contribution in [2.24, 2.45) is 24.3 Å². The molecule has 0 saturated heterocycles. The number of aromatic nitrogens is 2. The molecule has 0 aliphatic heterocycles. The molecule has 1 aromatic heterocycles. The number of hydrogen-bond acceptors (Lipinski definition) is 2. The summed E-state index contributed by atoms with van der Waals surface area (Å²) in [7, 11) is 2.00. The number of rotatable bonds is 5. The Hall–Kier alpha value is -0.830. The standard InChI is InChI=1S/C16H29N3/c1-5-17-11-14-6-7-16(2,3)9-15(14)8-13-10-18-19(4)12-13/h10,12,14-15,17H,5-9,11H2,1-4H3. The molecule has 0 bridgehead atoms. The predicted molar refractivity (Wildman–Crippen MR) is 80.1 cm³/mol. The fourth-order valence-corrected chi connectivity index (χ4v) is 3.51. The van der Waals surface area contributed by atoms with Crippen molar-refractivity contribution in [2.45, 2.75) is 46.5 Å². The third-order valence-electron chi connectivity index (χ3n) is 4.59. The zero-order chi connectivity index (χ0) is 13.9. The maximum atomic E-state index is 4.31. The molecule has 3 nitrogen and oxygen atoms in total. The van der Waals surface area contributed by atoms with Crippen LogP contribution in [-0.4, -0.2) is 22.9 Å². The first-order chi connectivity index (χ1) is 9.00. The summed E-state index contributed by atoms with van der Waals surface area (Å²) in [6.45, 7) is 9.30. The minimum absolute atomic E-state index is 0.510. The van der Waals surface area contributed by atoms with Gasteiger partial charge in [0.1, 0.15) is 0 Å². The molecule has 0 amide bonds. The van der Waals surface area contributed by atoms with Crippen LogP contribution >= 0.6 is 0 Å². The topological polar surface area (TPSA) is 29.9 Å². The first-order valence-electron chi connectivity index (χ1n) is 7.68. The molecule has 1 aliphatic rings. The van der Waals surface area contributed by atoms with Gasteiger partial charge in [0.15, 0.2) is 0 Å². The quantitative estimate of drug-likeness (QED) is 0.885. The highest BCUT2D eigenvalue weighted by Crippen LogP contribution is 2.42. The molecule has 1 aromatic rings. The van der Waals surface area contributed by atoms with Crippen LogP contribution < -0.4 is 5.32 Å². The van der Waals surface area contributed by atoms with Crippen LogP contribution in [-0.2, 0) is 13.5 Å². The van der Waals surface area contributed by atoms with Crippen LogP contribution in [0.3, 0.4) is 0 Å². The van der Waals surface area contributed by atoms with Gasteiger partial charge in [-0.25, -0.2) is 0 Å². The van der Waals surface area contributed by atoms with Gasteiger partial charge in [0, 0.05) is 13.2 Å². The second kappa shape index (κ2) is 6.08. The van der Waals surface area contributed by atoms with Crippen molar-refractivity contribution in [3.05, 3.63) is 18.0 Å². The minimum Gasteiger partial charge on any atom is -0.317 e. The molecule has 0 aromatic carbocycles. The lowest BCUT2D eigenvalue weighted by molar-refractivity contribution is 0.116. The van der Waals surface area contributed by atoms with Gasteiger partial charge in [-0.05, 0) is 61.6 Å². The Bertz CT molecular complexity index is 394. The van der Waals surface area contributed by atoms with E-state index >= 15 is 0 Å². The third kappa shape index (κ3) is 4.07. The van der Waals surface area contributed by atoms with Gasteiger partial charge in [-0.3, -0.25) is 4.68 Å². The van der Waals surface area contributed by atoms with Crippen molar-refractivity contribution < 1.29 is 0 Å². The molecule has 3 heteroatoms. The number of hydrogen-bond donors (Lipinski definition) is 1. The lowest BCUT2D eigenvalue weighted by Crippen LogP contribution is -2.36. The maximum Gasteiger partial charge on any atom is 0.0521 e. The Morgan fingerprint density at radius 3 is 2.84 bits per heavy atom. The zero-order valence-electron chi connectivity index (χ0n) is 12.9. The van der Waals surface area contributed by atoms with Crippen molar-refractivity contribution in [2.75, 3.05) is 13.1 Å². The molecule has 0 radical (unpaired) electrons. The van der Waals surface area contributed by atoms with Crippen LogP contribution in [0.5, 0.6) is 0 Å². The molecule has 108 valence electrons. The number of nitrogens with zero attached hydrogens (tertiary/aromatic N) is 2. The van der Waals surface area contributed by atoms with E-state index in [1.807, 2.05) is 17.9 Å². The normalized spacial score (nSPS) is 26.5. The molecule has 19 heavy (non-hydrogen) atoms. The van der Waals surface area contributed by atoms with Crippen molar-refractivity contribution in [3.63, 3.8) is 0 Å². The molecule has 1 saturated carbocycles. The second-order valence-corrected chi connectivity index (χ2v) is 6.96. The molecule has 2 atom stereocenters. The SMILES string of the molecule is CCNCC1CCC(C)(C)CC1Cc1cnn(C)c1. The highest BCUT2D eigenvalue weighted by atomic mass is 15.2. The Balaban J connectivity index is 2.02. The molecule has 1 heterocycles. The molecule has 0 spiro atoms. The first-order valence-corrected chi connectivity index (χ1v) is 7.68. The molecule has 1 aliphatic carbocycles. The van der Waals surface area contributed by atoms with E-state index in [4.69, 9.17) is 0 Å². The molecule has 1 fully saturated rings. The van der Waals surface area contributed by atoms with E-state index in [-0.39, 0.29) is 0 Å². The zero-order valence-corrected chi connectivity index (χ0v) is 12.9. The van der Waals surface area contributed by atoms with Crippen LogP contribution in [0, 0.1) is 17.3 Å². The second-order valence-electron chi connectivity index (χ2n) is 6.96. The number of aryl methyl sites for hydroxylation is 1. The van der Waals surface area contributed by atoms with Crippen LogP contribution in [0.1, 0.15) is 45.6 Å². The average molecular weight is 263 g/mol. The van der Waals surface area contributed by atoms with E-state index in [1.54, 1.807) is 0 Å². The summed E-state index contributed by atoms with van der Waals surface area (Å²) in [4.78, 5) is 0. The lowest BCUT2D eigenvalue weighted by atomic mass is 9.65. The molecular weight excluding hydrogens is 234 g/mol. The lowest BCUT2D eigenvalue weighted by Gasteiger charge is -2.41. The summed E-state index contributed by atoms with van der Waals surface area (Å²) < 4.78 is 1.92. The Morgan fingerprint density at radius 1 is 1.42 bits per heavy atom. The molecule has 2 unspecified atom stereocenters. The smallest absolute Gasteiger partial charge is 0.0521 e. The Kier molecular flexibility index (Phi) is 4.67. The van der Waals surface area contributed by atoms with E-state index in [9.17, 15) is 0 Å². The van der Waals surface area contributed by atoms with Gasteiger partial charge in [-0.2, -0.15) is 5.10 Å². The van der Waals surface area contributed by atoms with Crippen LogP contribution in [0.15, 0.2) is 12.4 Å². The maximum absolute atomic E-state index is 4.31. The highest BCUT2D eigenvalue weighted by Gasteiger charge is 2.34. The minimum atomic E-state index is 0.510. The Labute approximate surface area is 117 Å². The van der Waals surface area contributed by atoms with E-state index in [0.717, 1.165) is 18.4 Å². The van der Waals surface area contributed by atoms with Gasteiger partial charge in [0.05, 0.1) is 6.20 Å². The molecular formula is C16H29N3. The average Bonchev–Trinajstić information content (AvgIpc) is 2.73. The van der Waals surface area contributed by atoms with Crippen LogP contribution in [0.4, 0.5) is 0 Å². The van der Waals surface area contributed by atoms with Crippen molar-refractivity contribution in [1.29, 1.82) is 0 Å². The van der Waals surface area contributed by atoms with E-state index in [1.165, 1.54) is 37.8 Å². The van der Waals surface area contributed by atoms with E-state index in [0.29, 0.717) is 5.41 Å². The van der Waals surface area contributed by atoms with Gasteiger partial charge < -0.3 is 5.32 Å². The first kappa shape index (κ1) is 14.6. The predicted octanol–water partition coefficient (Wildman–Crippen LogP) is 3.01. The van der Waals surface area contributed by atoms with Gasteiger partial charge >= 0.3 is 0 Å². The van der Waals surface area contributed by atoms with Crippen LogP contribution in [0.2, 0.25) is 0 Å². The van der Waals surface area contributed by atoms with Gasteiger partial charge in [0.25, 0.3) is 0 Å². The third-order valence-corrected chi connectivity index (χ3v) is 4.59. The summed E-state index contributed by atoms with van der Waals surface area (Å²) >= 11 is 0. The molecule has 2 rings (SSSR count). The van der Waals surface area contributed by atoms with E-state index in [2.05, 4.69) is 37.4 Å². The van der Waals surface area contributed by atoms with E-state index < -0.39 is 0 Å². The van der Waals surface area contributed by atoms with Gasteiger partial charge in [0.2, 0.25) is 0 Å².